The smallest absolute Gasteiger partial charge is 0.377 e. The zero-order valence-corrected chi connectivity index (χ0v) is 23.5. The minimum absolute atomic E-state index is 0.356. The summed E-state index contributed by atoms with van der Waals surface area (Å²) in [5.74, 6) is 0. The average Bonchev–Trinajstić information content (AvgIpc) is 2.82. The molecule has 0 aliphatic heterocycles. The van der Waals surface area contributed by atoms with Crippen LogP contribution in [-0.4, -0.2) is 123 Å². The number of hydrogen-bond donors (Lipinski definition) is 3. The summed E-state index contributed by atoms with van der Waals surface area (Å²) >= 11 is 0. The Kier molecular flexibility index (Phi) is 15.2. The number of nitrogens with two attached hydrogens (primary N) is 1. The Bertz CT molecular complexity index is 396. The Labute approximate surface area is 190 Å². The lowest BCUT2D eigenvalue weighted by Gasteiger charge is -2.53. The molecule has 0 aliphatic carbocycles. The van der Waals surface area contributed by atoms with Crippen molar-refractivity contribution in [1.82, 2.24) is 10.6 Å². The van der Waals surface area contributed by atoms with Crippen molar-refractivity contribution in [3.63, 3.8) is 0 Å². The maximum atomic E-state index is 5.96. The second-order valence-corrected chi connectivity index (χ2v) is 17.5. The molecule has 0 rings (SSSR count). The first-order valence-corrected chi connectivity index (χ1v) is 15.1. The van der Waals surface area contributed by atoms with Gasteiger partial charge in [0, 0.05) is 90.2 Å². The third-order valence-corrected chi connectivity index (χ3v) is 19.7. The molecule has 0 atom stereocenters. The van der Waals surface area contributed by atoms with Crippen LogP contribution in [0, 0.1) is 0 Å². The fourth-order valence-electron chi connectivity index (χ4n) is 4.14. The SMILES string of the molecule is CO[Si](OC)(OC)C(CCNCCNCCN)([Si](OC)(OC)OC)[Si](OC)(OC)OC. The summed E-state index contributed by atoms with van der Waals surface area (Å²) in [4.78, 5) is 0. The number of nitrogens with one attached hydrogen (secondary N) is 2. The van der Waals surface area contributed by atoms with Gasteiger partial charge in [-0.2, -0.15) is 0 Å². The van der Waals surface area contributed by atoms with Crippen molar-refractivity contribution in [2.45, 2.75) is 10.7 Å². The summed E-state index contributed by atoms with van der Waals surface area (Å²) in [5, 5.41) is 6.64. The van der Waals surface area contributed by atoms with Gasteiger partial charge in [0.05, 0.1) is 0 Å². The van der Waals surface area contributed by atoms with Gasteiger partial charge in [-0.1, -0.05) is 0 Å². The number of rotatable bonds is 20. The van der Waals surface area contributed by atoms with Crippen molar-refractivity contribution < 1.29 is 39.8 Å². The molecule has 0 aromatic carbocycles. The Morgan fingerprint density at radius 1 is 0.516 bits per heavy atom. The minimum Gasteiger partial charge on any atom is -0.377 e. The van der Waals surface area contributed by atoms with Crippen LogP contribution in [0.15, 0.2) is 0 Å². The van der Waals surface area contributed by atoms with Gasteiger partial charge in [0.25, 0.3) is 0 Å². The van der Waals surface area contributed by atoms with Crippen molar-refractivity contribution in [2.75, 3.05) is 96.7 Å². The normalized spacial score (nSPS) is 13.7. The van der Waals surface area contributed by atoms with E-state index < -0.39 is 30.7 Å². The maximum Gasteiger partial charge on any atom is 0.516 e. The van der Waals surface area contributed by atoms with E-state index in [4.69, 9.17) is 45.6 Å². The lowest BCUT2D eigenvalue weighted by Crippen LogP contribution is -2.80. The van der Waals surface area contributed by atoms with Gasteiger partial charge in [0.15, 0.2) is 4.28 Å². The first kappa shape index (κ1) is 31.2. The number of hydrogen-bond acceptors (Lipinski definition) is 12. The molecule has 12 nitrogen and oxygen atoms in total. The van der Waals surface area contributed by atoms with Gasteiger partial charge in [-0.3, -0.25) is 0 Å². The summed E-state index contributed by atoms with van der Waals surface area (Å²) < 4.78 is 52.4. The predicted octanol–water partition coefficient (Wildman–Crippen LogP) is -1.03. The van der Waals surface area contributed by atoms with Crippen molar-refractivity contribution in [2.24, 2.45) is 5.73 Å². The van der Waals surface area contributed by atoms with Gasteiger partial charge in [0.1, 0.15) is 0 Å². The van der Waals surface area contributed by atoms with Gasteiger partial charge in [-0.25, -0.2) is 0 Å². The molecule has 0 aromatic rings. The molecule has 0 spiro atoms. The summed E-state index contributed by atoms with van der Waals surface area (Å²) in [6, 6.07) is 0. The highest BCUT2D eigenvalue weighted by Crippen LogP contribution is 2.57. The van der Waals surface area contributed by atoms with E-state index in [-0.39, 0.29) is 0 Å². The van der Waals surface area contributed by atoms with Crippen LogP contribution in [0.4, 0.5) is 0 Å². The maximum absolute atomic E-state index is 5.96. The van der Waals surface area contributed by atoms with Crippen LogP contribution in [0.2, 0.25) is 4.28 Å². The third kappa shape index (κ3) is 5.81. The molecule has 0 unspecified atom stereocenters. The molecule has 0 fully saturated rings. The highest BCUT2D eigenvalue weighted by Gasteiger charge is 2.88. The van der Waals surface area contributed by atoms with Crippen LogP contribution < -0.4 is 16.4 Å². The first-order chi connectivity index (χ1) is 14.9. The van der Waals surface area contributed by atoms with E-state index in [0.717, 1.165) is 13.1 Å². The average molecular weight is 506 g/mol. The summed E-state index contributed by atoms with van der Waals surface area (Å²) in [6.45, 7) is 3.30. The van der Waals surface area contributed by atoms with Crippen LogP contribution in [0.5, 0.6) is 0 Å². The molecule has 15 heteroatoms. The third-order valence-electron chi connectivity index (χ3n) is 5.46. The monoisotopic (exact) mass is 505 g/mol. The Morgan fingerprint density at radius 3 is 1.06 bits per heavy atom. The van der Waals surface area contributed by atoms with Crippen molar-refractivity contribution >= 4 is 26.4 Å². The lowest BCUT2D eigenvalue weighted by molar-refractivity contribution is 0.0296. The molecule has 0 saturated carbocycles. The molecule has 31 heavy (non-hydrogen) atoms. The summed E-state index contributed by atoms with van der Waals surface area (Å²) in [5.41, 5.74) is 5.51. The standard InChI is InChI=1S/C16H43N3O9Si3/c1-20-29(21-2,22-3)16(30(23-4,24-5)25-6,31(26-7,27-8)28-9)10-12-18-14-15-19-13-11-17/h18-19H,10-15,17H2,1-9H3. The van der Waals surface area contributed by atoms with Crippen LogP contribution in [0.3, 0.4) is 0 Å². The first-order valence-electron chi connectivity index (χ1n) is 9.94. The van der Waals surface area contributed by atoms with Crippen molar-refractivity contribution in [3.8, 4) is 0 Å². The second-order valence-electron chi connectivity index (χ2n) is 6.45. The summed E-state index contributed by atoms with van der Waals surface area (Å²) in [7, 11) is 2.59. The largest absolute Gasteiger partial charge is 0.516 e. The van der Waals surface area contributed by atoms with E-state index in [0.29, 0.717) is 26.1 Å². The fourth-order valence-corrected chi connectivity index (χ4v) is 20.1. The molecule has 0 heterocycles. The molecule has 0 aromatic heterocycles. The minimum atomic E-state index is -3.67. The van der Waals surface area contributed by atoms with E-state index >= 15 is 0 Å². The Hall–Kier alpha value is 0.171. The predicted molar refractivity (Wildman–Crippen MR) is 122 cm³/mol. The van der Waals surface area contributed by atoms with Gasteiger partial charge in [-0.15, -0.1) is 0 Å². The molecular weight excluding hydrogens is 462 g/mol. The van der Waals surface area contributed by atoms with E-state index in [1.807, 2.05) is 0 Å². The second kappa shape index (κ2) is 15.1. The summed E-state index contributed by atoms with van der Waals surface area (Å²) in [6.07, 6.45) is 0.356. The van der Waals surface area contributed by atoms with Crippen LogP contribution >= 0.6 is 0 Å². The molecule has 188 valence electrons. The van der Waals surface area contributed by atoms with Gasteiger partial charge < -0.3 is 56.2 Å². The van der Waals surface area contributed by atoms with Gasteiger partial charge in [-0.05, 0) is 13.0 Å². The zero-order chi connectivity index (χ0) is 24.0. The highest BCUT2D eigenvalue weighted by molar-refractivity contribution is 7.02. The molecular formula is C16H43N3O9Si3. The molecule has 0 amide bonds. The van der Waals surface area contributed by atoms with E-state index in [1.165, 1.54) is 64.0 Å². The van der Waals surface area contributed by atoms with E-state index in [2.05, 4.69) is 10.6 Å². The molecule has 0 aliphatic rings. The van der Waals surface area contributed by atoms with Crippen LogP contribution in [-0.2, 0) is 39.8 Å². The van der Waals surface area contributed by atoms with E-state index in [1.54, 1.807) is 0 Å². The van der Waals surface area contributed by atoms with Gasteiger partial charge >= 0.3 is 26.4 Å². The molecule has 4 N–H and O–H groups in total. The highest BCUT2D eigenvalue weighted by atomic mass is 28.5. The Balaban J connectivity index is 6.60. The Morgan fingerprint density at radius 2 is 0.806 bits per heavy atom. The molecule has 0 radical (unpaired) electrons. The van der Waals surface area contributed by atoms with Gasteiger partial charge in [0.2, 0.25) is 0 Å². The van der Waals surface area contributed by atoms with Crippen LogP contribution in [0.25, 0.3) is 0 Å². The lowest BCUT2D eigenvalue weighted by atomic mass is 10.4. The van der Waals surface area contributed by atoms with E-state index in [9.17, 15) is 0 Å². The van der Waals surface area contributed by atoms with Crippen molar-refractivity contribution in [1.29, 1.82) is 0 Å². The molecule has 0 bridgehead atoms. The van der Waals surface area contributed by atoms with Crippen LogP contribution in [0.1, 0.15) is 6.42 Å². The fraction of sp³-hybridized carbons (Fsp3) is 1.00. The topological polar surface area (TPSA) is 133 Å². The zero-order valence-electron chi connectivity index (χ0n) is 20.5. The quantitative estimate of drug-likeness (QED) is 0.138. The van der Waals surface area contributed by atoms with Crippen molar-refractivity contribution in [3.05, 3.63) is 0 Å². The molecule has 0 saturated heterocycles.